The lowest BCUT2D eigenvalue weighted by atomic mass is 10.0. The Morgan fingerprint density at radius 1 is 0.833 bits per heavy atom. The van der Waals surface area contributed by atoms with Crippen LogP contribution in [0.1, 0.15) is 25.3 Å². The molecule has 0 saturated carbocycles. The van der Waals surface area contributed by atoms with Crippen LogP contribution in [0.25, 0.3) is 28.4 Å². The second-order valence-electron chi connectivity index (χ2n) is 6.02. The zero-order valence-electron chi connectivity index (χ0n) is 13.6. The van der Waals surface area contributed by atoms with E-state index in [9.17, 15) is 0 Å². The maximum Gasteiger partial charge on any atom is 0.272 e. The maximum atomic E-state index is 4.56. The number of nitrogens with zero attached hydrogens (tertiary/aromatic N) is 5. The second-order valence-corrected chi connectivity index (χ2v) is 6.02. The molecule has 0 N–H and O–H groups in total. The Morgan fingerprint density at radius 2 is 1.58 bits per heavy atom. The van der Waals surface area contributed by atoms with Crippen LogP contribution in [0, 0.1) is 0 Å². The molecule has 4 rings (SSSR count). The van der Waals surface area contributed by atoms with Crippen molar-refractivity contribution < 1.29 is 0 Å². The smallest absolute Gasteiger partial charge is 0.208 e. The van der Waals surface area contributed by atoms with Crippen LogP contribution in [-0.2, 0) is 0 Å². The largest absolute Gasteiger partial charge is 0.272 e. The van der Waals surface area contributed by atoms with Crippen LogP contribution >= 0.6 is 0 Å². The van der Waals surface area contributed by atoms with Gasteiger partial charge in [0.05, 0.1) is 11.9 Å². The van der Waals surface area contributed by atoms with E-state index in [1.807, 2.05) is 30.3 Å². The van der Waals surface area contributed by atoms with Gasteiger partial charge < -0.3 is 0 Å². The first-order chi connectivity index (χ1) is 11.7. The summed E-state index contributed by atoms with van der Waals surface area (Å²) in [5.74, 6) is 1.70. The Morgan fingerprint density at radius 3 is 2.29 bits per heavy atom. The fourth-order valence-corrected chi connectivity index (χ4v) is 2.64. The summed E-state index contributed by atoms with van der Waals surface area (Å²) in [7, 11) is 0. The molecule has 24 heavy (non-hydrogen) atoms. The Hall–Kier alpha value is -3.08. The highest BCUT2D eigenvalue weighted by Gasteiger charge is 2.12. The molecule has 0 aliphatic carbocycles. The number of rotatable bonds is 3. The Kier molecular flexibility index (Phi) is 3.54. The van der Waals surface area contributed by atoms with Gasteiger partial charge in [-0.25, -0.2) is 4.98 Å². The van der Waals surface area contributed by atoms with Crippen molar-refractivity contribution in [1.29, 1.82) is 0 Å². The molecule has 2 aromatic heterocycles. The first kappa shape index (κ1) is 14.5. The molecule has 0 spiro atoms. The predicted molar refractivity (Wildman–Crippen MR) is 93.5 cm³/mol. The van der Waals surface area contributed by atoms with Crippen molar-refractivity contribution in [3.05, 3.63) is 66.4 Å². The molecule has 0 saturated heterocycles. The SMILES string of the molecule is CC(C)c1ccc(-c2nnc3nc(-c4ccccc4)cnn23)cc1. The van der Waals surface area contributed by atoms with Gasteiger partial charge in [0, 0.05) is 11.1 Å². The van der Waals surface area contributed by atoms with Crippen LogP contribution in [0.4, 0.5) is 0 Å². The fourth-order valence-electron chi connectivity index (χ4n) is 2.64. The molecule has 2 aromatic carbocycles. The van der Waals surface area contributed by atoms with Crippen LogP contribution in [0.15, 0.2) is 60.8 Å². The van der Waals surface area contributed by atoms with Gasteiger partial charge in [0.15, 0.2) is 5.82 Å². The van der Waals surface area contributed by atoms with E-state index >= 15 is 0 Å². The van der Waals surface area contributed by atoms with Gasteiger partial charge in [-0.3, -0.25) is 0 Å². The van der Waals surface area contributed by atoms with E-state index < -0.39 is 0 Å². The van der Waals surface area contributed by atoms with E-state index in [4.69, 9.17) is 0 Å². The van der Waals surface area contributed by atoms with Crippen LogP contribution < -0.4 is 0 Å². The fraction of sp³-hybridized carbons (Fsp3) is 0.158. The van der Waals surface area contributed by atoms with Gasteiger partial charge in [0.1, 0.15) is 0 Å². The molecule has 5 heteroatoms. The molecule has 4 aromatic rings. The molecule has 118 valence electrons. The monoisotopic (exact) mass is 315 g/mol. The van der Waals surface area contributed by atoms with Crippen molar-refractivity contribution in [1.82, 2.24) is 24.8 Å². The molecule has 0 radical (unpaired) electrons. The van der Waals surface area contributed by atoms with Gasteiger partial charge in [-0.05, 0) is 11.5 Å². The van der Waals surface area contributed by atoms with E-state index in [1.165, 1.54) is 5.56 Å². The summed E-state index contributed by atoms with van der Waals surface area (Å²) in [6.45, 7) is 4.36. The summed E-state index contributed by atoms with van der Waals surface area (Å²) in [5, 5.41) is 12.9. The lowest BCUT2D eigenvalue weighted by Gasteiger charge is -2.06. The van der Waals surface area contributed by atoms with Crippen molar-refractivity contribution in [3.63, 3.8) is 0 Å². The minimum Gasteiger partial charge on any atom is -0.208 e. The quantitative estimate of drug-likeness (QED) is 0.574. The Balaban J connectivity index is 1.75. The zero-order valence-corrected chi connectivity index (χ0v) is 13.6. The normalized spacial score (nSPS) is 11.3. The minimum atomic E-state index is 0.499. The number of fused-ring (bicyclic) bond motifs is 1. The minimum absolute atomic E-state index is 0.499. The number of aromatic nitrogens is 5. The van der Waals surface area contributed by atoms with Crippen LogP contribution in [0.2, 0.25) is 0 Å². The van der Waals surface area contributed by atoms with Gasteiger partial charge in [0.25, 0.3) is 5.78 Å². The van der Waals surface area contributed by atoms with Crippen LogP contribution in [0.3, 0.4) is 0 Å². The van der Waals surface area contributed by atoms with Gasteiger partial charge in [-0.1, -0.05) is 68.4 Å². The third kappa shape index (κ3) is 2.54. The van der Waals surface area contributed by atoms with Crippen LogP contribution in [0.5, 0.6) is 0 Å². The van der Waals surface area contributed by atoms with E-state index in [0.717, 1.165) is 16.8 Å². The summed E-state index contributed by atoms with van der Waals surface area (Å²) in [6.07, 6.45) is 1.75. The zero-order chi connectivity index (χ0) is 16.5. The molecule has 0 atom stereocenters. The van der Waals surface area contributed by atoms with Crippen LogP contribution in [-0.4, -0.2) is 24.8 Å². The number of hydrogen-bond acceptors (Lipinski definition) is 4. The first-order valence-corrected chi connectivity index (χ1v) is 7.96. The average Bonchev–Trinajstić information content (AvgIpc) is 3.05. The standard InChI is InChI=1S/C19H17N5/c1-13(2)14-8-10-16(11-9-14)18-22-23-19-21-17(12-20-24(18)19)15-6-4-3-5-7-15/h3-13H,1-2H3. The molecular formula is C19H17N5. The van der Waals surface area contributed by atoms with Gasteiger partial charge in [-0.2, -0.15) is 9.61 Å². The summed E-state index contributed by atoms with van der Waals surface area (Å²) in [4.78, 5) is 4.56. The highest BCUT2D eigenvalue weighted by atomic mass is 15.4. The van der Waals surface area contributed by atoms with E-state index in [1.54, 1.807) is 10.7 Å². The second kappa shape index (κ2) is 5.85. The average molecular weight is 315 g/mol. The van der Waals surface area contributed by atoms with Crippen molar-refractivity contribution in [2.75, 3.05) is 0 Å². The number of benzene rings is 2. The molecule has 0 aliphatic heterocycles. The molecule has 0 bridgehead atoms. The molecule has 0 unspecified atom stereocenters. The van der Waals surface area contributed by atoms with Gasteiger partial charge >= 0.3 is 0 Å². The molecule has 5 nitrogen and oxygen atoms in total. The lowest BCUT2D eigenvalue weighted by molar-refractivity contribution is 0.866. The first-order valence-electron chi connectivity index (χ1n) is 7.96. The highest BCUT2D eigenvalue weighted by molar-refractivity contribution is 5.62. The molecule has 0 amide bonds. The van der Waals surface area contributed by atoms with E-state index in [2.05, 4.69) is 58.4 Å². The third-order valence-corrected chi connectivity index (χ3v) is 4.05. The molecule has 2 heterocycles. The summed E-state index contributed by atoms with van der Waals surface area (Å²) >= 11 is 0. The summed E-state index contributed by atoms with van der Waals surface area (Å²) < 4.78 is 1.68. The van der Waals surface area contributed by atoms with Crippen molar-refractivity contribution in [3.8, 4) is 22.6 Å². The van der Waals surface area contributed by atoms with Gasteiger partial charge in [0.2, 0.25) is 0 Å². The number of hydrogen-bond donors (Lipinski definition) is 0. The van der Waals surface area contributed by atoms with E-state index in [-0.39, 0.29) is 0 Å². The molecular weight excluding hydrogens is 298 g/mol. The maximum absolute atomic E-state index is 4.56. The Bertz CT molecular complexity index is 972. The van der Waals surface area contributed by atoms with E-state index in [0.29, 0.717) is 17.5 Å². The van der Waals surface area contributed by atoms with Gasteiger partial charge in [-0.15, -0.1) is 10.2 Å². The molecule has 0 fully saturated rings. The highest BCUT2D eigenvalue weighted by Crippen LogP contribution is 2.22. The van der Waals surface area contributed by atoms with Crippen molar-refractivity contribution in [2.45, 2.75) is 19.8 Å². The van der Waals surface area contributed by atoms with Crippen molar-refractivity contribution in [2.24, 2.45) is 0 Å². The molecule has 0 aliphatic rings. The summed E-state index contributed by atoms with van der Waals surface area (Å²) in [6, 6.07) is 18.3. The Labute approximate surface area is 140 Å². The predicted octanol–water partition coefficient (Wildman–Crippen LogP) is 3.98. The topological polar surface area (TPSA) is 56.0 Å². The third-order valence-electron chi connectivity index (χ3n) is 4.05. The summed E-state index contributed by atoms with van der Waals surface area (Å²) in [5.41, 5.74) is 4.08. The lowest BCUT2D eigenvalue weighted by Crippen LogP contribution is -1.98. The van der Waals surface area contributed by atoms with Crippen molar-refractivity contribution >= 4 is 5.78 Å².